The number of hydrogen-bond donors (Lipinski definition) is 1. The summed E-state index contributed by atoms with van der Waals surface area (Å²) in [7, 11) is 2.16. The summed E-state index contributed by atoms with van der Waals surface area (Å²) in [5.74, 6) is 1.13. The van der Waals surface area contributed by atoms with Gasteiger partial charge in [0.2, 0.25) is 0 Å². The number of likely N-dealkylation sites (N-methyl/N-ethyl adjacent to an activating group) is 1. The van der Waals surface area contributed by atoms with Crippen molar-refractivity contribution in [1.29, 1.82) is 0 Å². The fourth-order valence-corrected chi connectivity index (χ4v) is 3.39. The summed E-state index contributed by atoms with van der Waals surface area (Å²) in [6.07, 6.45) is 2.81. The summed E-state index contributed by atoms with van der Waals surface area (Å²) in [6, 6.07) is 0.583. The molecular weight excluding hydrogens is 457 g/mol. The Labute approximate surface area is 181 Å². The molecule has 0 aromatic carbocycles. The number of piperazine rings is 1. The molecule has 0 spiro atoms. The number of aliphatic imine (C=N–C) groups is 1. The number of carbonyl (C=O) groups is 1. The third kappa shape index (κ3) is 7.38. The van der Waals surface area contributed by atoms with Crippen LogP contribution in [0.4, 0.5) is 0 Å². The molecule has 1 amide bonds. The molecule has 0 bridgehead atoms. The van der Waals surface area contributed by atoms with Gasteiger partial charge in [-0.3, -0.25) is 9.79 Å². The maximum Gasteiger partial charge on any atom is 0.251 e. The highest BCUT2D eigenvalue weighted by atomic mass is 127. The molecule has 0 aromatic rings. The summed E-state index contributed by atoms with van der Waals surface area (Å²) < 4.78 is 5.54. The summed E-state index contributed by atoms with van der Waals surface area (Å²) in [4.78, 5) is 23.8. The Morgan fingerprint density at radius 1 is 1.26 bits per heavy atom. The smallest absolute Gasteiger partial charge is 0.251 e. The molecule has 0 aliphatic carbocycles. The number of amides is 1. The van der Waals surface area contributed by atoms with Gasteiger partial charge in [0.15, 0.2) is 5.96 Å². The summed E-state index contributed by atoms with van der Waals surface area (Å²) in [6.45, 7) is 13.0. The van der Waals surface area contributed by atoms with Crippen LogP contribution in [-0.4, -0.2) is 98.2 Å². The van der Waals surface area contributed by atoms with Crippen molar-refractivity contribution >= 4 is 35.8 Å². The fourth-order valence-electron chi connectivity index (χ4n) is 3.39. The van der Waals surface area contributed by atoms with Gasteiger partial charge in [-0.15, -0.1) is 24.0 Å². The number of nitrogens with zero attached hydrogens (tertiary/aromatic N) is 4. The van der Waals surface area contributed by atoms with E-state index < -0.39 is 0 Å². The molecule has 27 heavy (non-hydrogen) atoms. The first-order valence-electron chi connectivity index (χ1n) is 10.2. The minimum absolute atomic E-state index is 0. The number of rotatable bonds is 7. The topological polar surface area (TPSA) is 60.4 Å². The van der Waals surface area contributed by atoms with E-state index in [9.17, 15) is 4.79 Å². The second-order valence-corrected chi connectivity index (χ2v) is 7.29. The average molecular weight is 495 g/mol. The van der Waals surface area contributed by atoms with Crippen molar-refractivity contribution in [1.82, 2.24) is 20.0 Å². The third-order valence-electron chi connectivity index (χ3n) is 5.49. The van der Waals surface area contributed by atoms with Crippen LogP contribution in [0.5, 0.6) is 0 Å². The lowest BCUT2D eigenvalue weighted by Crippen LogP contribution is -2.55. The lowest BCUT2D eigenvalue weighted by Gasteiger charge is -2.37. The van der Waals surface area contributed by atoms with Gasteiger partial charge in [-0.1, -0.05) is 6.92 Å². The Morgan fingerprint density at radius 3 is 2.48 bits per heavy atom. The fraction of sp³-hybridized carbons (Fsp3) is 0.895. The standard InChI is InChI=1S/C19H37N5O2.HI/c1-5-16(3)22(4)10-9-21-19(20-6-2)24-13-11-23(12-14-24)18(25)17-8-7-15-26-17;/h16-17H,5-15H2,1-4H3,(H,20,21);1H. The Bertz CT molecular complexity index is 463. The highest BCUT2D eigenvalue weighted by Gasteiger charge is 2.30. The highest BCUT2D eigenvalue weighted by Crippen LogP contribution is 2.16. The number of carbonyl (C=O) groups excluding carboxylic acids is 1. The highest BCUT2D eigenvalue weighted by molar-refractivity contribution is 14.0. The molecule has 2 saturated heterocycles. The summed E-state index contributed by atoms with van der Waals surface area (Å²) in [5, 5.41) is 3.40. The molecule has 2 aliphatic rings. The number of ether oxygens (including phenoxy) is 1. The van der Waals surface area contributed by atoms with Crippen molar-refractivity contribution in [3.05, 3.63) is 0 Å². The number of halogens is 1. The average Bonchev–Trinajstić information content (AvgIpc) is 3.21. The first kappa shape index (κ1) is 24.4. The van der Waals surface area contributed by atoms with E-state index in [1.807, 2.05) is 4.90 Å². The van der Waals surface area contributed by atoms with E-state index in [0.717, 1.165) is 77.6 Å². The first-order valence-corrected chi connectivity index (χ1v) is 10.2. The van der Waals surface area contributed by atoms with Gasteiger partial charge in [0.1, 0.15) is 6.10 Å². The molecule has 2 fully saturated rings. The quantitative estimate of drug-likeness (QED) is 0.331. The van der Waals surface area contributed by atoms with Crippen LogP contribution in [0.25, 0.3) is 0 Å². The molecule has 158 valence electrons. The minimum atomic E-state index is -0.209. The molecule has 2 unspecified atom stereocenters. The van der Waals surface area contributed by atoms with Crippen molar-refractivity contribution in [2.75, 3.05) is 59.5 Å². The summed E-state index contributed by atoms with van der Waals surface area (Å²) >= 11 is 0. The monoisotopic (exact) mass is 495 g/mol. The van der Waals surface area contributed by atoms with Crippen molar-refractivity contribution in [3.63, 3.8) is 0 Å². The lowest BCUT2D eigenvalue weighted by atomic mass is 10.2. The maximum atomic E-state index is 12.5. The van der Waals surface area contributed by atoms with Gasteiger partial charge in [-0.25, -0.2) is 0 Å². The lowest BCUT2D eigenvalue weighted by molar-refractivity contribution is -0.142. The van der Waals surface area contributed by atoms with Crippen LogP contribution in [0.15, 0.2) is 4.99 Å². The van der Waals surface area contributed by atoms with Crippen LogP contribution >= 0.6 is 24.0 Å². The van der Waals surface area contributed by atoms with Crippen molar-refractivity contribution in [3.8, 4) is 0 Å². The van der Waals surface area contributed by atoms with E-state index in [2.05, 4.69) is 42.9 Å². The second-order valence-electron chi connectivity index (χ2n) is 7.29. The van der Waals surface area contributed by atoms with Gasteiger partial charge in [-0.2, -0.15) is 0 Å². The van der Waals surface area contributed by atoms with Crippen molar-refractivity contribution < 1.29 is 9.53 Å². The van der Waals surface area contributed by atoms with Crippen LogP contribution < -0.4 is 5.32 Å². The molecule has 2 heterocycles. The predicted octanol–water partition coefficient (Wildman–Crippen LogP) is 1.62. The first-order chi connectivity index (χ1) is 12.6. The normalized spacial score (nSPS) is 22.0. The molecule has 2 rings (SSSR count). The van der Waals surface area contributed by atoms with Crippen LogP contribution in [0.1, 0.15) is 40.0 Å². The summed E-state index contributed by atoms with van der Waals surface area (Å²) in [5.41, 5.74) is 0. The molecule has 2 atom stereocenters. The van der Waals surface area contributed by atoms with E-state index in [1.165, 1.54) is 0 Å². The van der Waals surface area contributed by atoms with Gasteiger partial charge < -0.3 is 24.8 Å². The van der Waals surface area contributed by atoms with E-state index >= 15 is 0 Å². The number of nitrogens with one attached hydrogen (secondary N) is 1. The number of guanidine groups is 1. The van der Waals surface area contributed by atoms with E-state index in [1.54, 1.807) is 0 Å². The Morgan fingerprint density at radius 2 is 1.93 bits per heavy atom. The van der Waals surface area contributed by atoms with Gasteiger partial charge in [0, 0.05) is 51.9 Å². The predicted molar refractivity (Wildman–Crippen MR) is 121 cm³/mol. The largest absolute Gasteiger partial charge is 0.368 e. The zero-order valence-electron chi connectivity index (χ0n) is 17.4. The third-order valence-corrected chi connectivity index (χ3v) is 5.49. The van der Waals surface area contributed by atoms with Crippen molar-refractivity contribution in [2.45, 2.75) is 52.2 Å². The van der Waals surface area contributed by atoms with E-state index in [0.29, 0.717) is 6.04 Å². The van der Waals surface area contributed by atoms with E-state index in [-0.39, 0.29) is 36.0 Å². The number of hydrogen-bond acceptors (Lipinski definition) is 4. The zero-order valence-corrected chi connectivity index (χ0v) is 19.8. The molecular formula is C19H38IN5O2. The molecule has 7 nitrogen and oxygen atoms in total. The Hall–Kier alpha value is -0.610. The minimum Gasteiger partial charge on any atom is -0.368 e. The van der Waals surface area contributed by atoms with E-state index in [4.69, 9.17) is 9.73 Å². The molecule has 0 aromatic heterocycles. The maximum absolute atomic E-state index is 12.5. The molecule has 0 saturated carbocycles. The molecule has 2 aliphatic heterocycles. The van der Waals surface area contributed by atoms with Crippen molar-refractivity contribution in [2.24, 2.45) is 4.99 Å². The molecule has 1 N–H and O–H groups in total. The van der Waals surface area contributed by atoms with Gasteiger partial charge >= 0.3 is 0 Å². The zero-order chi connectivity index (χ0) is 18.9. The van der Waals surface area contributed by atoms with Gasteiger partial charge in [-0.05, 0) is 40.2 Å². The van der Waals surface area contributed by atoms with Crippen LogP contribution in [-0.2, 0) is 9.53 Å². The SMILES string of the molecule is CCNC(=NCCN(C)C(C)CC)N1CCN(C(=O)C2CCCO2)CC1.I. The van der Waals surface area contributed by atoms with Gasteiger partial charge in [0.25, 0.3) is 5.91 Å². The van der Waals surface area contributed by atoms with Crippen LogP contribution in [0.3, 0.4) is 0 Å². The Balaban J connectivity index is 0.00000364. The van der Waals surface area contributed by atoms with Gasteiger partial charge in [0.05, 0.1) is 6.54 Å². The van der Waals surface area contributed by atoms with Crippen LogP contribution in [0, 0.1) is 0 Å². The Kier molecular flexibility index (Phi) is 11.6. The van der Waals surface area contributed by atoms with Crippen LogP contribution in [0.2, 0.25) is 0 Å². The second kappa shape index (κ2) is 12.8. The molecule has 8 heteroatoms. The molecule has 0 radical (unpaired) electrons.